The molecule has 0 saturated heterocycles. The number of esters is 1. The fraction of sp³-hybridized carbons (Fsp3) is 0.231. The van der Waals surface area contributed by atoms with Crippen LogP contribution < -0.4 is 0 Å². The second-order valence-corrected chi connectivity index (χ2v) is 5.49. The van der Waals surface area contributed by atoms with Gasteiger partial charge < -0.3 is 4.74 Å². The standard InChI is InChI=1S/C13H12ClNO2S/c1-8-12(18-9(2)15-8)13(16)17-7-10-3-5-11(14)6-4-10/h3-6H,7H2,1-2H3. The molecule has 1 aromatic heterocycles. The van der Waals surface area contributed by atoms with Crippen LogP contribution in [0.25, 0.3) is 0 Å². The first-order chi connectivity index (χ1) is 8.56. The molecule has 2 rings (SSSR count). The maximum atomic E-state index is 11.8. The average Bonchev–Trinajstić information content (AvgIpc) is 2.67. The molecule has 3 nitrogen and oxygen atoms in total. The number of carbonyl (C=O) groups is 1. The maximum Gasteiger partial charge on any atom is 0.350 e. The van der Waals surface area contributed by atoms with Gasteiger partial charge in [0, 0.05) is 5.02 Å². The lowest BCUT2D eigenvalue weighted by Crippen LogP contribution is -2.04. The van der Waals surface area contributed by atoms with Crippen molar-refractivity contribution in [2.75, 3.05) is 0 Å². The molecule has 5 heteroatoms. The van der Waals surface area contributed by atoms with Crippen LogP contribution in [0.5, 0.6) is 0 Å². The number of thiazole rings is 1. The van der Waals surface area contributed by atoms with Gasteiger partial charge >= 0.3 is 5.97 Å². The third-order valence-electron chi connectivity index (χ3n) is 2.37. The van der Waals surface area contributed by atoms with Crippen molar-refractivity contribution in [3.63, 3.8) is 0 Å². The number of rotatable bonds is 3. The van der Waals surface area contributed by atoms with Gasteiger partial charge in [-0.1, -0.05) is 23.7 Å². The molecule has 2 aromatic rings. The third-order valence-corrected chi connectivity index (χ3v) is 3.68. The quantitative estimate of drug-likeness (QED) is 0.804. The fourth-order valence-corrected chi connectivity index (χ4v) is 2.46. The lowest BCUT2D eigenvalue weighted by atomic mass is 10.2. The second kappa shape index (κ2) is 5.50. The van der Waals surface area contributed by atoms with Crippen molar-refractivity contribution in [3.05, 3.63) is 50.4 Å². The highest BCUT2D eigenvalue weighted by Gasteiger charge is 2.15. The van der Waals surface area contributed by atoms with Crippen molar-refractivity contribution >= 4 is 28.9 Å². The summed E-state index contributed by atoms with van der Waals surface area (Å²) >= 11 is 7.13. The van der Waals surface area contributed by atoms with Crippen LogP contribution in [0, 0.1) is 13.8 Å². The predicted octanol–water partition coefficient (Wildman–Crippen LogP) is 3.77. The monoisotopic (exact) mass is 281 g/mol. The first-order valence-electron chi connectivity index (χ1n) is 5.42. The van der Waals surface area contributed by atoms with E-state index in [9.17, 15) is 4.79 Å². The molecule has 0 fully saturated rings. The Kier molecular flexibility index (Phi) is 3.99. The Hall–Kier alpha value is -1.39. The zero-order valence-corrected chi connectivity index (χ0v) is 11.6. The Morgan fingerprint density at radius 3 is 2.56 bits per heavy atom. The summed E-state index contributed by atoms with van der Waals surface area (Å²) in [6.07, 6.45) is 0. The van der Waals surface area contributed by atoms with Crippen LogP contribution in [0.15, 0.2) is 24.3 Å². The Balaban J connectivity index is 2.00. The molecular weight excluding hydrogens is 270 g/mol. The van der Waals surface area contributed by atoms with Gasteiger partial charge in [0.2, 0.25) is 0 Å². The molecular formula is C13H12ClNO2S. The van der Waals surface area contributed by atoms with E-state index in [2.05, 4.69) is 4.98 Å². The van der Waals surface area contributed by atoms with E-state index in [4.69, 9.17) is 16.3 Å². The summed E-state index contributed by atoms with van der Waals surface area (Å²) in [7, 11) is 0. The maximum absolute atomic E-state index is 11.8. The molecule has 1 aromatic carbocycles. The summed E-state index contributed by atoms with van der Waals surface area (Å²) in [6.45, 7) is 3.92. The summed E-state index contributed by atoms with van der Waals surface area (Å²) < 4.78 is 5.24. The minimum absolute atomic E-state index is 0.242. The Bertz CT molecular complexity index is 563. The van der Waals surface area contributed by atoms with Gasteiger partial charge in [0.05, 0.1) is 10.7 Å². The Labute approximate surface area is 114 Å². The molecule has 0 atom stereocenters. The molecule has 0 aliphatic heterocycles. The number of ether oxygens (including phenoxy) is 1. The van der Waals surface area contributed by atoms with Gasteiger partial charge in [-0.05, 0) is 31.5 Å². The SMILES string of the molecule is Cc1nc(C)c(C(=O)OCc2ccc(Cl)cc2)s1. The van der Waals surface area contributed by atoms with Crippen molar-refractivity contribution in [1.82, 2.24) is 4.98 Å². The number of benzene rings is 1. The number of nitrogens with zero attached hydrogens (tertiary/aromatic N) is 1. The van der Waals surface area contributed by atoms with Crippen LogP contribution in [0.2, 0.25) is 5.02 Å². The molecule has 1 heterocycles. The third kappa shape index (κ3) is 3.09. The highest BCUT2D eigenvalue weighted by atomic mass is 35.5. The molecule has 0 saturated carbocycles. The summed E-state index contributed by atoms with van der Waals surface area (Å²) in [5.74, 6) is -0.326. The zero-order valence-electron chi connectivity index (χ0n) is 10.1. The van der Waals surface area contributed by atoms with Gasteiger partial charge in [0.1, 0.15) is 11.5 Å². The zero-order chi connectivity index (χ0) is 13.1. The molecule has 0 aliphatic carbocycles. The number of carbonyl (C=O) groups excluding carboxylic acids is 1. The lowest BCUT2D eigenvalue weighted by Gasteiger charge is -2.03. The predicted molar refractivity (Wildman–Crippen MR) is 72.2 cm³/mol. The Morgan fingerprint density at radius 2 is 2.00 bits per heavy atom. The molecule has 94 valence electrons. The first kappa shape index (κ1) is 13.1. The van der Waals surface area contributed by atoms with Crippen molar-refractivity contribution in [2.24, 2.45) is 0 Å². The van der Waals surface area contributed by atoms with E-state index >= 15 is 0 Å². The van der Waals surface area contributed by atoms with Gasteiger partial charge in [-0.15, -0.1) is 11.3 Å². The minimum Gasteiger partial charge on any atom is -0.457 e. The van der Waals surface area contributed by atoms with Gasteiger partial charge in [-0.2, -0.15) is 0 Å². The largest absolute Gasteiger partial charge is 0.457 e. The van der Waals surface area contributed by atoms with Crippen molar-refractivity contribution in [3.8, 4) is 0 Å². The summed E-state index contributed by atoms with van der Waals surface area (Å²) in [5.41, 5.74) is 1.63. The Morgan fingerprint density at radius 1 is 1.33 bits per heavy atom. The van der Waals surface area contributed by atoms with Crippen LogP contribution >= 0.6 is 22.9 Å². The number of hydrogen-bond acceptors (Lipinski definition) is 4. The van der Waals surface area contributed by atoms with Gasteiger partial charge in [-0.25, -0.2) is 9.78 Å². The second-order valence-electron chi connectivity index (χ2n) is 3.85. The summed E-state index contributed by atoms with van der Waals surface area (Å²) in [6, 6.07) is 7.21. The minimum atomic E-state index is -0.326. The summed E-state index contributed by atoms with van der Waals surface area (Å²) in [4.78, 5) is 16.6. The van der Waals surface area contributed by atoms with Gasteiger partial charge in [-0.3, -0.25) is 0 Å². The van der Waals surface area contributed by atoms with E-state index in [0.717, 1.165) is 16.3 Å². The number of aryl methyl sites for hydroxylation is 2. The van der Waals surface area contributed by atoms with Gasteiger partial charge in [0.15, 0.2) is 0 Å². The van der Waals surface area contributed by atoms with E-state index in [1.54, 1.807) is 12.1 Å². The molecule has 0 aliphatic rings. The van der Waals surface area contributed by atoms with E-state index in [-0.39, 0.29) is 12.6 Å². The lowest BCUT2D eigenvalue weighted by molar-refractivity contribution is 0.0477. The van der Waals surface area contributed by atoms with E-state index in [1.807, 2.05) is 26.0 Å². The molecule has 0 radical (unpaired) electrons. The topological polar surface area (TPSA) is 39.2 Å². The molecule has 0 amide bonds. The molecule has 0 bridgehead atoms. The highest BCUT2D eigenvalue weighted by Crippen LogP contribution is 2.19. The number of aromatic nitrogens is 1. The van der Waals surface area contributed by atoms with Crippen molar-refractivity contribution in [2.45, 2.75) is 20.5 Å². The summed E-state index contributed by atoms with van der Waals surface area (Å²) in [5, 5.41) is 1.53. The molecule has 0 N–H and O–H groups in total. The highest BCUT2D eigenvalue weighted by molar-refractivity contribution is 7.13. The van der Waals surface area contributed by atoms with Crippen LogP contribution in [-0.2, 0) is 11.3 Å². The van der Waals surface area contributed by atoms with E-state index in [0.29, 0.717) is 9.90 Å². The van der Waals surface area contributed by atoms with Gasteiger partial charge in [0.25, 0.3) is 0 Å². The van der Waals surface area contributed by atoms with Crippen LogP contribution in [0.3, 0.4) is 0 Å². The average molecular weight is 282 g/mol. The van der Waals surface area contributed by atoms with Crippen LogP contribution in [-0.4, -0.2) is 11.0 Å². The smallest absolute Gasteiger partial charge is 0.350 e. The normalized spacial score (nSPS) is 10.4. The fourth-order valence-electron chi connectivity index (χ4n) is 1.52. The number of hydrogen-bond donors (Lipinski definition) is 0. The van der Waals surface area contributed by atoms with Crippen LogP contribution in [0.1, 0.15) is 25.9 Å². The van der Waals surface area contributed by atoms with Crippen molar-refractivity contribution < 1.29 is 9.53 Å². The number of halogens is 1. The molecule has 0 spiro atoms. The molecule has 18 heavy (non-hydrogen) atoms. The van der Waals surface area contributed by atoms with Crippen LogP contribution in [0.4, 0.5) is 0 Å². The van der Waals surface area contributed by atoms with E-state index in [1.165, 1.54) is 11.3 Å². The van der Waals surface area contributed by atoms with E-state index < -0.39 is 0 Å². The first-order valence-corrected chi connectivity index (χ1v) is 6.61. The molecule has 0 unspecified atom stereocenters. The van der Waals surface area contributed by atoms with Crippen molar-refractivity contribution in [1.29, 1.82) is 0 Å².